The van der Waals surface area contributed by atoms with Crippen molar-refractivity contribution in [1.82, 2.24) is 4.90 Å². The van der Waals surface area contributed by atoms with Crippen molar-refractivity contribution in [2.45, 2.75) is 6.92 Å². The van der Waals surface area contributed by atoms with E-state index in [0.29, 0.717) is 44.1 Å². The Kier molecular flexibility index (Phi) is 6.30. The van der Waals surface area contributed by atoms with Crippen molar-refractivity contribution in [3.8, 4) is 5.75 Å². The van der Waals surface area contributed by atoms with Crippen LogP contribution in [0.3, 0.4) is 0 Å². The Balaban J connectivity index is 1.56. The monoisotopic (exact) mass is 368 g/mol. The zero-order valence-corrected chi connectivity index (χ0v) is 15.5. The summed E-state index contributed by atoms with van der Waals surface area (Å²) in [4.78, 5) is 28.5. The quantitative estimate of drug-likeness (QED) is 0.734. The summed E-state index contributed by atoms with van der Waals surface area (Å²) in [6, 6.07) is 16.7. The molecule has 0 N–H and O–H groups in total. The second-order valence-electron chi connectivity index (χ2n) is 6.21. The zero-order valence-electron chi connectivity index (χ0n) is 15.5. The second-order valence-corrected chi connectivity index (χ2v) is 6.21. The maximum absolute atomic E-state index is 12.4. The summed E-state index contributed by atoms with van der Waals surface area (Å²) in [5.74, 6) is 0.341. The summed E-state index contributed by atoms with van der Waals surface area (Å²) in [5.41, 5.74) is 1.41. The SMILES string of the molecule is CCOC(=O)c1ccccc1N1CCN(C(=O)COc2ccccc2)CC1. The molecule has 0 bridgehead atoms. The molecule has 27 heavy (non-hydrogen) atoms. The molecule has 0 unspecified atom stereocenters. The zero-order chi connectivity index (χ0) is 19.1. The van der Waals surface area contributed by atoms with Crippen molar-refractivity contribution in [3.05, 3.63) is 60.2 Å². The van der Waals surface area contributed by atoms with E-state index in [2.05, 4.69) is 4.90 Å². The number of esters is 1. The normalized spacial score (nSPS) is 14.0. The van der Waals surface area contributed by atoms with Crippen molar-refractivity contribution in [2.75, 3.05) is 44.3 Å². The van der Waals surface area contributed by atoms with Gasteiger partial charge in [0, 0.05) is 26.2 Å². The first-order chi connectivity index (χ1) is 13.2. The number of para-hydroxylation sites is 2. The van der Waals surface area contributed by atoms with Crippen molar-refractivity contribution in [2.24, 2.45) is 0 Å². The summed E-state index contributed by atoms with van der Waals surface area (Å²) in [6.45, 7) is 4.67. The molecule has 0 aliphatic carbocycles. The highest BCUT2D eigenvalue weighted by Crippen LogP contribution is 2.23. The van der Waals surface area contributed by atoms with Crippen LogP contribution in [0.1, 0.15) is 17.3 Å². The fraction of sp³-hybridized carbons (Fsp3) is 0.333. The lowest BCUT2D eigenvalue weighted by molar-refractivity contribution is -0.133. The van der Waals surface area contributed by atoms with E-state index in [1.54, 1.807) is 17.9 Å². The number of carbonyl (C=O) groups is 2. The van der Waals surface area contributed by atoms with E-state index >= 15 is 0 Å². The number of hydrogen-bond donors (Lipinski definition) is 0. The predicted molar refractivity (Wildman–Crippen MR) is 103 cm³/mol. The molecular formula is C21H24N2O4. The van der Waals surface area contributed by atoms with Crippen molar-refractivity contribution < 1.29 is 19.1 Å². The lowest BCUT2D eigenvalue weighted by Crippen LogP contribution is -2.50. The molecule has 2 aromatic rings. The standard InChI is InChI=1S/C21H24N2O4/c1-2-26-21(25)18-10-6-7-11-19(18)22-12-14-23(15-13-22)20(24)16-27-17-8-4-3-5-9-17/h3-11H,2,12-16H2,1H3. The molecule has 1 aliphatic rings. The Bertz CT molecular complexity index is 771. The first-order valence-corrected chi connectivity index (χ1v) is 9.15. The van der Waals surface area contributed by atoms with E-state index in [0.717, 1.165) is 5.69 Å². The number of carbonyl (C=O) groups excluding carboxylic acids is 2. The number of hydrogen-bond acceptors (Lipinski definition) is 5. The van der Waals surface area contributed by atoms with E-state index in [1.165, 1.54) is 0 Å². The van der Waals surface area contributed by atoms with Crippen molar-refractivity contribution in [1.29, 1.82) is 0 Å². The molecule has 1 aliphatic heterocycles. The molecular weight excluding hydrogens is 344 g/mol. The fourth-order valence-corrected chi connectivity index (χ4v) is 3.08. The molecule has 1 amide bonds. The minimum Gasteiger partial charge on any atom is -0.484 e. The van der Waals surface area contributed by atoms with Gasteiger partial charge in [-0.1, -0.05) is 30.3 Å². The number of benzene rings is 2. The molecule has 1 heterocycles. The molecule has 6 heteroatoms. The van der Waals surface area contributed by atoms with Crippen LogP contribution in [0, 0.1) is 0 Å². The molecule has 0 radical (unpaired) electrons. The molecule has 0 saturated carbocycles. The van der Waals surface area contributed by atoms with Crippen LogP contribution in [-0.4, -0.2) is 56.2 Å². The van der Waals surface area contributed by atoms with Gasteiger partial charge in [-0.25, -0.2) is 4.79 Å². The molecule has 142 valence electrons. The topological polar surface area (TPSA) is 59.1 Å². The lowest BCUT2D eigenvalue weighted by atomic mass is 10.1. The van der Waals surface area contributed by atoms with Crippen LogP contribution in [0.15, 0.2) is 54.6 Å². The van der Waals surface area contributed by atoms with E-state index in [1.807, 2.05) is 48.5 Å². The van der Waals surface area contributed by atoms with Gasteiger partial charge in [-0.15, -0.1) is 0 Å². The van der Waals surface area contributed by atoms with Gasteiger partial charge in [-0.2, -0.15) is 0 Å². The molecule has 6 nitrogen and oxygen atoms in total. The van der Waals surface area contributed by atoms with Gasteiger partial charge in [0.05, 0.1) is 17.9 Å². The van der Waals surface area contributed by atoms with Crippen LogP contribution in [0.5, 0.6) is 5.75 Å². The first kappa shape index (κ1) is 18.8. The van der Waals surface area contributed by atoms with E-state index in [4.69, 9.17) is 9.47 Å². The minimum atomic E-state index is -0.317. The van der Waals surface area contributed by atoms with Crippen LogP contribution < -0.4 is 9.64 Å². The maximum atomic E-state index is 12.4. The number of anilines is 1. The minimum absolute atomic E-state index is 0.0304. The number of rotatable bonds is 6. The van der Waals surface area contributed by atoms with Gasteiger partial charge in [0.15, 0.2) is 6.61 Å². The number of nitrogens with zero attached hydrogens (tertiary/aromatic N) is 2. The van der Waals surface area contributed by atoms with Crippen LogP contribution in [-0.2, 0) is 9.53 Å². The number of ether oxygens (including phenoxy) is 2. The third kappa shape index (κ3) is 4.78. The van der Waals surface area contributed by atoms with E-state index in [-0.39, 0.29) is 18.5 Å². The van der Waals surface area contributed by atoms with Gasteiger partial charge in [-0.3, -0.25) is 4.79 Å². The molecule has 3 rings (SSSR count). The van der Waals surface area contributed by atoms with Gasteiger partial charge in [0.25, 0.3) is 5.91 Å². The van der Waals surface area contributed by atoms with Crippen molar-refractivity contribution in [3.63, 3.8) is 0 Å². The summed E-state index contributed by atoms with van der Waals surface area (Å²) in [6.07, 6.45) is 0. The smallest absolute Gasteiger partial charge is 0.340 e. The van der Waals surface area contributed by atoms with Gasteiger partial charge in [0.2, 0.25) is 0 Å². The predicted octanol–water partition coefficient (Wildman–Crippen LogP) is 2.59. The molecule has 0 spiro atoms. The average molecular weight is 368 g/mol. The first-order valence-electron chi connectivity index (χ1n) is 9.15. The summed E-state index contributed by atoms with van der Waals surface area (Å²) >= 11 is 0. The highest BCUT2D eigenvalue weighted by Gasteiger charge is 2.24. The Morgan fingerprint density at radius 2 is 1.59 bits per heavy atom. The van der Waals surface area contributed by atoms with Crippen molar-refractivity contribution >= 4 is 17.6 Å². The lowest BCUT2D eigenvalue weighted by Gasteiger charge is -2.36. The van der Waals surface area contributed by atoms with Gasteiger partial charge < -0.3 is 19.3 Å². The number of amides is 1. The number of piperazine rings is 1. The Hall–Kier alpha value is -3.02. The third-order valence-electron chi connectivity index (χ3n) is 4.48. The molecule has 0 aromatic heterocycles. The van der Waals surface area contributed by atoms with Crippen LogP contribution in [0.25, 0.3) is 0 Å². The Morgan fingerprint density at radius 1 is 0.926 bits per heavy atom. The second kappa shape index (κ2) is 9.07. The largest absolute Gasteiger partial charge is 0.484 e. The Morgan fingerprint density at radius 3 is 2.30 bits per heavy atom. The summed E-state index contributed by atoms with van der Waals surface area (Å²) in [5, 5.41) is 0. The highest BCUT2D eigenvalue weighted by atomic mass is 16.5. The van der Waals surface area contributed by atoms with Gasteiger partial charge >= 0.3 is 5.97 Å². The van der Waals surface area contributed by atoms with Crippen LogP contribution in [0.4, 0.5) is 5.69 Å². The van der Waals surface area contributed by atoms with Gasteiger partial charge in [-0.05, 0) is 31.2 Å². The van der Waals surface area contributed by atoms with Crippen LogP contribution in [0.2, 0.25) is 0 Å². The third-order valence-corrected chi connectivity index (χ3v) is 4.48. The van der Waals surface area contributed by atoms with E-state index in [9.17, 15) is 9.59 Å². The average Bonchev–Trinajstić information content (AvgIpc) is 2.73. The summed E-state index contributed by atoms with van der Waals surface area (Å²) < 4.78 is 10.7. The van der Waals surface area contributed by atoms with Gasteiger partial charge in [0.1, 0.15) is 5.75 Å². The Labute approximate surface area is 159 Å². The highest BCUT2D eigenvalue weighted by molar-refractivity contribution is 5.96. The summed E-state index contributed by atoms with van der Waals surface area (Å²) in [7, 11) is 0. The molecule has 1 fully saturated rings. The fourth-order valence-electron chi connectivity index (χ4n) is 3.08. The van der Waals surface area contributed by atoms with E-state index < -0.39 is 0 Å². The van der Waals surface area contributed by atoms with Crippen LogP contribution >= 0.6 is 0 Å². The molecule has 1 saturated heterocycles. The molecule has 0 atom stereocenters. The maximum Gasteiger partial charge on any atom is 0.340 e. The molecule has 2 aromatic carbocycles.